The van der Waals surface area contributed by atoms with Crippen molar-refractivity contribution in [2.45, 2.75) is 6.42 Å². The fourth-order valence-electron chi connectivity index (χ4n) is 0.828. The number of thiophene rings is 1. The highest BCUT2D eigenvalue weighted by atomic mass is 32.1. The summed E-state index contributed by atoms with van der Waals surface area (Å²) in [5, 5.41) is 1.87. The molecule has 66 valence electrons. The van der Waals surface area contributed by atoms with Crippen LogP contribution in [0.5, 0.6) is 0 Å². The van der Waals surface area contributed by atoms with Gasteiger partial charge in [0.15, 0.2) is 0 Å². The van der Waals surface area contributed by atoms with Crippen molar-refractivity contribution in [3.8, 4) is 0 Å². The molecule has 4 heteroatoms. The van der Waals surface area contributed by atoms with E-state index in [1.165, 1.54) is 4.88 Å². The molecule has 0 aliphatic carbocycles. The first kappa shape index (κ1) is 9.61. The number of likely N-dealkylation sites (N-methyl/N-ethyl adjacent to an activating group) is 1. The minimum Gasteiger partial charge on any atom is -0.337 e. The Morgan fingerprint density at radius 1 is 1.75 bits per heavy atom. The summed E-state index contributed by atoms with van der Waals surface area (Å²) in [5.74, 6) is 0. The standard InChI is InChI=1S/C8H11NOS2/c1-9(8(10)11)5-4-7-3-2-6-12-7/h2-3,6H,4-5H2,1H3,(H,10,11). The number of amides is 1. The first-order valence-corrected chi connectivity index (χ1v) is 4.99. The average molecular weight is 201 g/mol. The van der Waals surface area contributed by atoms with Crippen molar-refractivity contribution >= 4 is 29.2 Å². The average Bonchev–Trinajstić information content (AvgIpc) is 2.51. The van der Waals surface area contributed by atoms with E-state index in [4.69, 9.17) is 0 Å². The molecule has 0 aliphatic rings. The highest BCUT2D eigenvalue weighted by Gasteiger charge is 2.02. The minimum absolute atomic E-state index is 0.174. The Hall–Kier alpha value is -0.480. The SMILES string of the molecule is CN(CCc1cccs1)C(=O)S. The summed E-state index contributed by atoms with van der Waals surface area (Å²) in [5.41, 5.74) is 0. The van der Waals surface area contributed by atoms with E-state index in [1.807, 2.05) is 11.4 Å². The molecule has 0 unspecified atom stereocenters. The van der Waals surface area contributed by atoms with Crippen LogP contribution in [-0.4, -0.2) is 23.7 Å². The van der Waals surface area contributed by atoms with E-state index in [9.17, 15) is 4.79 Å². The number of hydrogen-bond donors (Lipinski definition) is 1. The second-order valence-corrected chi connectivity index (χ2v) is 3.95. The molecular weight excluding hydrogens is 190 g/mol. The maximum atomic E-state index is 10.7. The monoisotopic (exact) mass is 201 g/mol. The summed E-state index contributed by atoms with van der Waals surface area (Å²) in [6.07, 6.45) is 0.917. The lowest BCUT2D eigenvalue weighted by Crippen LogP contribution is -2.23. The zero-order valence-electron chi connectivity index (χ0n) is 6.86. The Balaban J connectivity index is 2.31. The lowest BCUT2D eigenvalue weighted by Gasteiger charge is -2.12. The highest BCUT2D eigenvalue weighted by Crippen LogP contribution is 2.09. The molecule has 0 spiro atoms. The molecule has 0 saturated carbocycles. The molecule has 1 rings (SSSR count). The summed E-state index contributed by atoms with van der Waals surface area (Å²) in [6, 6.07) is 4.09. The van der Waals surface area contributed by atoms with E-state index < -0.39 is 0 Å². The molecule has 0 fully saturated rings. The van der Waals surface area contributed by atoms with Gasteiger partial charge in [0, 0.05) is 18.5 Å². The van der Waals surface area contributed by atoms with Crippen LogP contribution in [0.1, 0.15) is 4.88 Å². The number of thiol groups is 1. The van der Waals surface area contributed by atoms with Crippen molar-refractivity contribution < 1.29 is 4.79 Å². The van der Waals surface area contributed by atoms with Crippen molar-refractivity contribution in [1.82, 2.24) is 4.90 Å². The van der Waals surface area contributed by atoms with Crippen molar-refractivity contribution in [3.05, 3.63) is 22.4 Å². The molecule has 12 heavy (non-hydrogen) atoms. The van der Waals surface area contributed by atoms with E-state index in [1.54, 1.807) is 23.3 Å². The van der Waals surface area contributed by atoms with Gasteiger partial charge < -0.3 is 4.90 Å². The zero-order chi connectivity index (χ0) is 8.97. The lowest BCUT2D eigenvalue weighted by atomic mass is 10.3. The summed E-state index contributed by atoms with van der Waals surface area (Å²) in [6.45, 7) is 0.739. The van der Waals surface area contributed by atoms with Gasteiger partial charge in [-0.1, -0.05) is 18.7 Å². The second kappa shape index (κ2) is 4.52. The van der Waals surface area contributed by atoms with Gasteiger partial charge in [0.05, 0.1) is 0 Å². The Kier molecular flexibility index (Phi) is 3.62. The molecule has 0 aliphatic heterocycles. The number of carbonyl (C=O) groups excluding carboxylic acids is 1. The van der Waals surface area contributed by atoms with Gasteiger partial charge in [-0.15, -0.1) is 11.3 Å². The van der Waals surface area contributed by atoms with Crippen LogP contribution in [0.3, 0.4) is 0 Å². The Bertz CT molecular complexity index is 246. The van der Waals surface area contributed by atoms with Crippen LogP contribution in [0, 0.1) is 0 Å². The number of carbonyl (C=O) groups is 1. The maximum absolute atomic E-state index is 10.7. The minimum atomic E-state index is -0.174. The van der Waals surface area contributed by atoms with Crippen LogP contribution < -0.4 is 0 Å². The van der Waals surface area contributed by atoms with Gasteiger partial charge in [-0.05, 0) is 17.9 Å². The fraction of sp³-hybridized carbons (Fsp3) is 0.375. The van der Waals surface area contributed by atoms with Crippen LogP contribution in [0.15, 0.2) is 17.5 Å². The Labute approximate surface area is 81.6 Å². The predicted octanol–water partition coefficient (Wildman–Crippen LogP) is 2.27. The maximum Gasteiger partial charge on any atom is 0.278 e. The molecule has 0 saturated heterocycles. The summed E-state index contributed by atoms with van der Waals surface area (Å²) >= 11 is 5.43. The third kappa shape index (κ3) is 2.87. The Morgan fingerprint density at radius 2 is 2.50 bits per heavy atom. The predicted molar refractivity (Wildman–Crippen MR) is 55.0 cm³/mol. The van der Waals surface area contributed by atoms with Crippen molar-refractivity contribution in [3.63, 3.8) is 0 Å². The van der Waals surface area contributed by atoms with E-state index in [2.05, 4.69) is 18.7 Å². The smallest absolute Gasteiger partial charge is 0.278 e. The van der Waals surface area contributed by atoms with Crippen LogP contribution in [0.25, 0.3) is 0 Å². The van der Waals surface area contributed by atoms with Gasteiger partial charge in [-0.2, -0.15) is 0 Å². The molecular formula is C8H11NOS2. The van der Waals surface area contributed by atoms with Crippen LogP contribution in [0.4, 0.5) is 4.79 Å². The van der Waals surface area contributed by atoms with Gasteiger partial charge in [0.1, 0.15) is 0 Å². The number of nitrogens with zero attached hydrogens (tertiary/aromatic N) is 1. The molecule has 1 heterocycles. The van der Waals surface area contributed by atoms with Gasteiger partial charge in [-0.25, -0.2) is 0 Å². The second-order valence-electron chi connectivity index (χ2n) is 2.53. The van der Waals surface area contributed by atoms with Gasteiger partial charge >= 0.3 is 0 Å². The third-order valence-corrected chi connectivity index (χ3v) is 2.88. The fourth-order valence-corrected chi connectivity index (χ4v) is 1.63. The van der Waals surface area contributed by atoms with Gasteiger partial charge in [0.2, 0.25) is 0 Å². The normalized spacial score (nSPS) is 9.83. The first-order valence-electron chi connectivity index (χ1n) is 3.66. The third-order valence-electron chi connectivity index (χ3n) is 1.60. The zero-order valence-corrected chi connectivity index (χ0v) is 8.57. The lowest BCUT2D eigenvalue weighted by molar-refractivity contribution is 0.234. The van der Waals surface area contributed by atoms with Gasteiger partial charge in [0.25, 0.3) is 5.24 Å². The van der Waals surface area contributed by atoms with Crippen molar-refractivity contribution in [2.75, 3.05) is 13.6 Å². The topological polar surface area (TPSA) is 20.3 Å². The molecule has 0 N–H and O–H groups in total. The molecule has 0 atom stereocenters. The first-order chi connectivity index (χ1) is 5.70. The molecule has 1 amide bonds. The summed E-state index contributed by atoms with van der Waals surface area (Å²) in [4.78, 5) is 13.6. The molecule has 0 radical (unpaired) electrons. The number of hydrogen-bond acceptors (Lipinski definition) is 2. The van der Waals surface area contributed by atoms with Crippen LogP contribution in [-0.2, 0) is 6.42 Å². The van der Waals surface area contributed by atoms with Crippen molar-refractivity contribution in [1.29, 1.82) is 0 Å². The molecule has 2 nitrogen and oxygen atoms in total. The molecule has 1 aromatic rings. The molecule has 0 bridgehead atoms. The quantitative estimate of drug-likeness (QED) is 0.744. The largest absolute Gasteiger partial charge is 0.337 e. The van der Waals surface area contributed by atoms with E-state index in [-0.39, 0.29) is 5.24 Å². The van der Waals surface area contributed by atoms with Crippen LogP contribution in [0.2, 0.25) is 0 Å². The summed E-state index contributed by atoms with van der Waals surface area (Å²) in [7, 11) is 1.75. The van der Waals surface area contributed by atoms with E-state index in [0.29, 0.717) is 0 Å². The van der Waals surface area contributed by atoms with Crippen LogP contribution >= 0.6 is 24.0 Å². The van der Waals surface area contributed by atoms with E-state index in [0.717, 1.165) is 13.0 Å². The number of rotatable bonds is 3. The van der Waals surface area contributed by atoms with Crippen molar-refractivity contribution in [2.24, 2.45) is 0 Å². The Morgan fingerprint density at radius 3 is 3.00 bits per heavy atom. The molecule has 0 aromatic carbocycles. The summed E-state index contributed by atoms with van der Waals surface area (Å²) < 4.78 is 0. The molecule has 1 aromatic heterocycles. The van der Waals surface area contributed by atoms with E-state index >= 15 is 0 Å². The van der Waals surface area contributed by atoms with Gasteiger partial charge in [-0.3, -0.25) is 4.79 Å². The highest BCUT2D eigenvalue weighted by molar-refractivity contribution is 7.96.